The van der Waals surface area contributed by atoms with Crippen LogP contribution in [0.15, 0.2) is 30.3 Å². The first-order valence-corrected chi connectivity index (χ1v) is 9.63. The van der Waals surface area contributed by atoms with Crippen LogP contribution >= 0.6 is 11.6 Å². The molecule has 132 valence electrons. The van der Waals surface area contributed by atoms with Gasteiger partial charge in [-0.05, 0) is 44.1 Å². The van der Waals surface area contributed by atoms with Crippen molar-refractivity contribution in [1.82, 2.24) is 0 Å². The fraction of sp³-hybridized carbons (Fsp3) is 0.650. The first-order chi connectivity index (χ1) is 11.7. The maximum atomic E-state index is 11.6. The number of ether oxygens (including phenoxy) is 2. The maximum Gasteiger partial charge on any atom is 0.321 e. The van der Waals surface area contributed by atoms with Gasteiger partial charge in [0.2, 0.25) is 0 Å². The normalized spacial score (nSPS) is 28.2. The number of esters is 1. The molecular formula is C20H27ClO3. The molecule has 1 aromatic carbocycles. The second kappa shape index (κ2) is 7.88. The lowest BCUT2D eigenvalue weighted by Gasteiger charge is -2.30. The molecule has 0 N–H and O–H groups in total. The van der Waals surface area contributed by atoms with Gasteiger partial charge in [-0.15, -0.1) is 11.6 Å². The number of hydrogen-bond donors (Lipinski definition) is 0. The van der Waals surface area contributed by atoms with E-state index in [1.165, 1.54) is 18.4 Å². The summed E-state index contributed by atoms with van der Waals surface area (Å²) >= 11 is 5.62. The smallest absolute Gasteiger partial charge is 0.321 e. The number of fused-ring (bicyclic) bond motifs is 1. The van der Waals surface area contributed by atoms with E-state index in [9.17, 15) is 4.79 Å². The second-order valence-electron chi connectivity index (χ2n) is 7.26. The molecule has 3 nitrogen and oxygen atoms in total. The molecule has 2 aliphatic rings. The Labute approximate surface area is 149 Å². The molecule has 4 heteroatoms. The lowest BCUT2D eigenvalue weighted by atomic mass is 9.82. The van der Waals surface area contributed by atoms with Gasteiger partial charge in [-0.2, -0.15) is 0 Å². The zero-order chi connectivity index (χ0) is 16.9. The second-order valence-corrected chi connectivity index (χ2v) is 7.53. The molecule has 0 bridgehead atoms. The van der Waals surface area contributed by atoms with Gasteiger partial charge in [0.25, 0.3) is 0 Å². The molecule has 0 aromatic heterocycles. The number of hydrogen-bond acceptors (Lipinski definition) is 3. The van der Waals surface area contributed by atoms with Crippen LogP contribution in [0.2, 0.25) is 0 Å². The van der Waals surface area contributed by atoms with E-state index >= 15 is 0 Å². The first-order valence-electron chi connectivity index (χ1n) is 9.09. The summed E-state index contributed by atoms with van der Waals surface area (Å²) in [4.78, 5) is 11.6. The SMILES string of the molecule is O=C(CCl)O[C@@]12CCCC[C@]1(CCCCOCc1ccccc1)C2. The molecule has 0 radical (unpaired) electrons. The Morgan fingerprint density at radius 1 is 1.12 bits per heavy atom. The number of unbranched alkanes of at least 4 members (excludes halogenated alkanes) is 1. The molecule has 3 rings (SSSR count). The predicted molar refractivity (Wildman–Crippen MR) is 95.0 cm³/mol. The highest BCUT2D eigenvalue weighted by molar-refractivity contribution is 6.26. The van der Waals surface area contributed by atoms with Crippen molar-refractivity contribution in [3.63, 3.8) is 0 Å². The van der Waals surface area contributed by atoms with Gasteiger partial charge >= 0.3 is 5.97 Å². The average molecular weight is 351 g/mol. The molecule has 2 fully saturated rings. The summed E-state index contributed by atoms with van der Waals surface area (Å²) in [6, 6.07) is 10.3. The van der Waals surface area contributed by atoms with Crippen molar-refractivity contribution in [1.29, 1.82) is 0 Å². The van der Waals surface area contributed by atoms with Crippen molar-refractivity contribution in [2.24, 2.45) is 5.41 Å². The molecule has 1 aromatic rings. The first kappa shape index (κ1) is 17.8. The molecule has 2 aliphatic carbocycles. The Morgan fingerprint density at radius 3 is 2.71 bits per heavy atom. The predicted octanol–water partition coefficient (Wildman–Crippen LogP) is 4.86. The van der Waals surface area contributed by atoms with Gasteiger partial charge in [0, 0.05) is 12.0 Å². The molecule has 0 amide bonds. The Bertz CT molecular complexity index is 547. The van der Waals surface area contributed by atoms with E-state index in [1.807, 2.05) is 18.2 Å². The van der Waals surface area contributed by atoms with E-state index < -0.39 is 0 Å². The lowest BCUT2D eigenvalue weighted by Crippen LogP contribution is -2.31. The van der Waals surface area contributed by atoms with Gasteiger partial charge < -0.3 is 9.47 Å². The number of carbonyl (C=O) groups excluding carboxylic acids is 1. The Balaban J connectivity index is 1.37. The van der Waals surface area contributed by atoms with Gasteiger partial charge in [-0.3, -0.25) is 4.79 Å². The molecule has 0 unspecified atom stereocenters. The van der Waals surface area contributed by atoms with Crippen LogP contribution in [0.1, 0.15) is 56.9 Å². The number of carbonyl (C=O) groups is 1. The van der Waals surface area contributed by atoms with Crippen LogP contribution < -0.4 is 0 Å². The van der Waals surface area contributed by atoms with Gasteiger partial charge in [0.1, 0.15) is 11.5 Å². The lowest BCUT2D eigenvalue weighted by molar-refractivity contribution is -0.152. The van der Waals surface area contributed by atoms with E-state index in [-0.39, 0.29) is 22.9 Å². The molecule has 0 spiro atoms. The highest BCUT2D eigenvalue weighted by Gasteiger charge is 2.69. The van der Waals surface area contributed by atoms with Crippen molar-refractivity contribution in [3.8, 4) is 0 Å². The van der Waals surface area contributed by atoms with Gasteiger partial charge in [-0.25, -0.2) is 0 Å². The minimum absolute atomic E-state index is 0.0366. The summed E-state index contributed by atoms with van der Waals surface area (Å²) in [5.41, 5.74) is 1.26. The van der Waals surface area contributed by atoms with Gasteiger partial charge in [-0.1, -0.05) is 43.2 Å². The van der Waals surface area contributed by atoms with Crippen LogP contribution in [0.25, 0.3) is 0 Å². The molecule has 0 heterocycles. The monoisotopic (exact) mass is 350 g/mol. The molecule has 2 saturated carbocycles. The van der Waals surface area contributed by atoms with Crippen LogP contribution in [0.4, 0.5) is 0 Å². The molecule has 0 aliphatic heterocycles. The minimum atomic E-state index is -0.258. The highest BCUT2D eigenvalue weighted by atomic mass is 35.5. The molecule has 24 heavy (non-hydrogen) atoms. The average Bonchev–Trinajstić information content (AvgIpc) is 3.27. The van der Waals surface area contributed by atoms with Crippen LogP contribution in [0.5, 0.6) is 0 Å². The fourth-order valence-electron chi connectivity index (χ4n) is 4.36. The summed E-state index contributed by atoms with van der Waals surface area (Å²) < 4.78 is 11.5. The molecule has 2 atom stereocenters. The largest absolute Gasteiger partial charge is 0.458 e. The summed E-state index contributed by atoms with van der Waals surface area (Å²) in [5.74, 6) is -0.294. The summed E-state index contributed by atoms with van der Waals surface area (Å²) in [6.45, 7) is 1.47. The third kappa shape index (κ3) is 3.94. The van der Waals surface area contributed by atoms with Crippen LogP contribution in [-0.2, 0) is 20.9 Å². The fourth-order valence-corrected chi connectivity index (χ4v) is 4.41. The number of rotatable bonds is 9. The van der Waals surface area contributed by atoms with Gasteiger partial charge in [0.15, 0.2) is 0 Å². The minimum Gasteiger partial charge on any atom is -0.458 e. The zero-order valence-electron chi connectivity index (χ0n) is 14.3. The molecular weight excluding hydrogens is 324 g/mol. The summed E-state index contributed by atoms with van der Waals surface area (Å²) in [6.07, 6.45) is 8.99. The number of benzene rings is 1. The Kier molecular flexibility index (Phi) is 5.83. The van der Waals surface area contributed by atoms with E-state index in [0.29, 0.717) is 6.61 Å². The maximum absolute atomic E-state index is 11.6. The van der Waals surface area contributed by atoms with Crippen molar-refractivity contribution < 1.29 is 14.3 Å². The Hall–Kier alpha value is -1.06. The van der Waals surface area contributed by atoms with Crippen molar-refractivity contribution in [2.45, 2.75) is 63.6 Å². The topological polar surface area (TPSA) is 35.5 Å². The molecule has 0 saturated heterocycles. The van der Waals surface area contributed by atoms with E-state index in [0.717, 1.165) is 45.1 Å². The van der Waals surface area contributed by atoms with E-state index in [4.69, 9.17) is 21.1 Å². The zero-order valence-corrected chi connectivity index (χ0v) is 15.0. The van der Waals surface area contributed by atoms with E-state index in [1.54, 1.807) is 0 Å². The standard InChI is InChI=1S/C20H27ClO3/c21-14-18(22)24-20-12-5-4-10-19(20,16-20)11-6-7-13-23-15-17-8-2-1-3-9-17/h1-3,8-9H,4-7,10-16H2/t19-,20+/m0/s1. The highest BCUT2D eigenvalue weighted by Crippen LogP contribution is 2.69. The number of alkyl halides is 1. The van der Waals surface area contributed by atoms with Gasteiger partial charge in [0.05, 0.1) is 6.61 Å². The quantitative estimate of drug-likeness (QED) is 0.362. The summed E-state index contributed by atoms with van der Waals surface area (Å²) in [5, 5.41) is 0. The summed E-state index contributed by atoms with van der Waals surface area (Å²) in [7, 11) is 0. The van der Waals surface area contributed by atoms with Crippen molar-refractivity contribution >= 4 is 17.6 Å². The third-order valence-corrected chi connectivity index (χ3v) is 5.89. The Morgan fingerprint density at radius 2 is 1.92 bits per heavy atom. The van der Waals surface area contributed by atoms with Crippen LogP contribution in [0, 0.1) is 5.41 Å². The van der Waals surface area contributed by atoms with Crippen LogP contribution in [-0.4, -0.2) is 24.1 Å². The third-order valence-electron chi connectivity index (χ3n) is 5.68. The van der Waals surface area contributed by atoms with E-state index in [2.05, 4.69) is 12.1 Å². The van der Waals surface area contributed by atoms with Crippen molar-refractivity contribution in [2.75, 3.05) is 12.5 Å². The number of halogens is 1. The van der Waals surface area contributed by atoms with Crippen LogP contribution in [0.3, 0.4) is 0 Å². The van der Waals surface area contributed by atoms with Crippen molar-refractivity contribution in [3.05, 3.63) is 35.9 Å².